The van der Waals surface area contributed by atoms with Crippen LogP contribution in [0.4, 0.5) is 0 Å². The molecule has 0 aromatic heterocycles. The van der Waals surface area contributed by atoms with Gasteiger partial charge in [-0.05, 0) is 106 Å². The number of hydrogen-bond donors (Lipinski definition) is 0. The number of hydrogen-bond acceptors (Lipinski definition) is 7. The van der Waals surface area contributed by atoms with E-state index in [0.717, 1.165) is 103 Å². The van der Waals surface area contributed by atoms with Gasteiger partial charge in [0.25, 0.3) is 0 Å². The van der Waals surface area contributed by atoms with Crippen LogP contribution in [-0.4, -0.2) is 62.8 Å². The van der Waals surface area contributed by atoms with Gasteiger partial charge in [0.1, 0.15) is 6.10 Å². The molecule has 7 heteroatoms. The van der Waals surface area contributed by atoms with Crippen molar-refractivity contribution < 1.29 is 28.6 Å². The van der Waals surface area contributed by atoms with Crippen LogP contribution in [-0.2, 0) is 28.6 Å². The standard InChI is InChI=1S/C49H95NO6/c1-9-11-13-15-17-19-21-23-25-33-42-54-46(52)48(3,4)39-31-27-29-36-44(56-45(51)38-35-41-50(7)8)37-30-28-32-40-49(5,6)47(53)55-43-34-26-24-22-20-18-16-14-12-10-2/h44H,9-43H2,1-8H3. The molecule has 0 amide bonds. The minimum atomic E-state index is -0.482. The second kappa shape index (κ2) is 36.4. The Hall–Kier alpha value is -1.63. The van der Waals surface area contributed by atoms with E-state index in [9.17, 15) is 14.4 Å². The van der Waals surface area contributed by atoms with Crippen LogP contribution in [0.2, 0.25) is 0 Å². The molecule has 0 fully saturated rings. The summed E-state index contributed by atoms with van der Waals surface area (Å²) in [5, 5.41) is 0. The number of unbranched alkanes of at least 4 members (excludes halogenated alkanes) is 22. The Bertz CT molecular complexity index is 872. The second-order valence-corrected chi connectivity index (χ2v) is 18.6. The van der Waals surface area contributed by atoms with E-state index in [1.165, 1.54) is 103 Å². The topological polar surface area (TPSA) is 82.1 Å². The van der Waals surface area contributed by atoms with Crippen molar-refractivity contribution in [2.45, 2.75) is 253 Å². The van der Waals surface area contributed by atoms with Crippen LogP contribution < -0.4 is 0 Å². The zero-order valence-corrected chi connectivity index (χ0v) is 38.7. The molecule has 0 atom stereocenters. The summed E-state index contributed by atoms with van der Waals surface area (Å²) >= 11 is 0. The molecule has 0 saturated carbocycles. The van der Waals surface area contributed by atoms with Crippen LogP contribution in [0.5, 0.6) is 0 Å². The van der Waals surface area contributed by atoms with Gasteiger partial charge in [-0.2, -0.15) is 0 Å². The highest BCUT2D eigenvalue weighted by atomic mass is 16.5. The molecular weight excluding hydrogens is 699 g/mol. The van der Waals surface area contributed by atoms with Gasteiger partial charge in [-0.15, -0.1) is 0 Å². The summed E-state index contributed by atoms with van der Waals surface area (Å²) in [6, 6.07) is 0. The van der Waals surface area contributed by atoms with E-state index < -0.39 is 10.8 Å². The molecule has 0 rings (SSSR count). The van der Waals surface area contributed by atoms with Gasteiger partial charge >= 0.3 is 17.9 Å². The predicted molar refractivity (Wildman–Crippen MR) is 237 cm³/mol. The lowest BCUT2D eigenvalue weighted by Crippen LogP contribution is -2.27. The highest BCUT2D eigenvalue weighted by Crippen LogP contribution is 2.28. The average molecular weight is 794 g/mol. The Balaban J connectivity index is 4.42. The predicted octanol–water partition coefficient (Wildman–Crippen LogP) is 14.1. The van der Waals surface area contributed by atoms with E-state index in [-0.39, 0.29) is 24.0 Å². The van der Waals surface area contributed by atoms with Crippen LogP contribution in [0.15, 0.2) is 0 Å². The first-order chi connectivity index (χ1) is 26.9. The maximum Gasteiger partial charge on any atom is 0.311 e. The fourth-order valence-electron chi connectivity index (χ4n) is 7.38. The summed E-state index contributed by atoms with van der Waals surface area (Å²) in [6.45, 7) is 14.5. The van der Waals surface area contributed by atoms with Gasteiger partial charge in [0.15, 0.2) is 0 Å². The molecule has 56 heavy (non-hydrogen) atoms. The Morgan fingerprint density at radius 1 is 0.464 bits per heavy atom. The third kappa shape index (κ3) is 33.4. The quantitative estimate of drug-likeness (QED) is 0.0346. The summed E-state index contributed by atoms with van der Waals surface area (Å²) in [6.07, 6.45) is 35.7. The van der Waals surface area contributed by atoms with E-state index in [4.69, 9.17) is 14.2 Å². The molecule has 0 aromatic rings. The lowest BCUT2D eigenvalue weighted by atomic mass is 9.86. The van der Waals surface area contributed by atoms with Gasteiger partial charge in [0.05, 0.1) is 24.0 Å². The molecule has 0 N–H and O–H groups in total. The lowest BCUT2D eigenvalue weighted by molar-refractivity contribution is -0.155. The van der Waals surface area contributed by atoms with Crippen molar-refractivity contribution >= 4 is 17.9 Å². The molecule has 0 aliphatic heterocycles. The average Bonchev–Trinajstić information content (AvgIpc) is 3.15. The molecule has 0 aliphatic rings. The number of esters is 3. The SMILES string of the molecule is CCCCCCCCCCCCOC(=O)C(C)(C)CCCCCC(CCCCCC(C)(C)C(=O)OCCCCCCCCCCCC)OC(=O)CCCN(C)C. The molecule has 0 saturated heterocycles. The maximum atomic E-state index is 12.8. The Kier molecular flexibility index (Phi) is 35.4. The molecule has 0 heterocycles. The van der Waals surface area contributed by atoms with Crippen molar-refractivity contribution in [2.24, 2.45) is 10.8 Å². The molecule has 0 radical (unpaired) electrons. The molecule has 0 bridgehead atoms. The minimum Gasteiger partial charge on any atom is -0.465 e. The van der Waals surface area contributed by atoms with Gasteiger partial charge in [-0.1, -0.05) is 155 Å². The monoisotopic (exact) mass is 794 g/mol. The smallest absolute Gasteiger partial charge is 0.311 e. The number of rotatable bonds is 41. The first kappa shape index (κ1) is 54.4. The first-order valence-electron chi connectivity index (χ1n) is 24.0. The van der Waals surface area contributed by atoms with Crippen LogP contribution in [0.3, 0.4) is 0 Å². The number of carbonyl (C=O) groups excluding carboxylic acids is 3. The molecule has 0 spiro atoms. The van der Waals surface area contributed by atoms with Gasteiger partial charge in [-0.3, -0.25) is 14.4 Å². The van der Waals surface area contributed by atoms with Gasteiger partial charge in [0.2, 0.25) is 0 Å². The highest BCUT2D eigenvalue weighted by Gasteiger charge is 2.30. The zero-order chi connectivity index (χ0) is 41.8. The molecule has 0 aromatic carbocycles. The summed E-state index contributed by atoms with van der Waals surface area (Å²) < 4.78 is 17.4. The van der Waals surface area contributed by atoms with Crippen LogP contribution in [0.1, 0.15) is 247 Å². The summed E-state index contributed by atoms with van der Waals surface area (Å²) in [5.74, 6) is -0.263. The van der Waals surface area contributed by atoms with Gasteiger partial charge in [0, 0.05) is 6.42 Å². The van der Waals surface area contributed by atoms with Crippen LogP contribution in [0.25, 0.3) is 0 Å². The third-order valence-corrected chi connectivity index (χ3v) is 11.5. The van der Waals surface area contributed by atoms with Crippen molar-refractivity contribution in [3.05, 3.63) is 0 Å². The molecular formula is C49H95NO6. The van der Waals surface area contributed by atoms with E-state index >= 15 is 0 Å². The largest absolute Gasteiger partial charge is 0.465 e. The van der Waals surface area contributed by atoms with Crippen molar-refractivity contribution in [3.63, 3.8) is 0 Å². The molecule has 332 valence electrons. The molecule has 0 aliphatic carbocycles. The molecule has 7 nitrogen and oxygen atoms in total. The van der Waals surface area contributed by atoms with Gasteiger partial charge in [-0.25, -0.2) is 0 Å². The number of ether oxygens (including phenoxy) is 3. The van der Waals surface area contributed by atoms with Crippen molar-refractivity contribution in [1.82, 2.24) is 4.90 Å². The molecule has 0 unspecified atom stereocenters. The van der Waals surface area contributed by atoms with Crippen molar-refractivity contribution in [2.75, 3.05) is 33.9 Å². The van der Waals surface area contributed by atoms with Crippen molar-refractivity contribution in [1.29, 1.82) is 0 Å². The van der Waals surface area contributed by atoms with Crippen LogP contribution in [0, 0.1) is 10.8 Å². The Labute approximate surface area is 348 Å². The fourth-order valence-corrected chi connectivity index (χ4v) is 7.38. The number of carbonyl (C=O) groups is 3. The van der Waals surface area contributed by atoms with Gasteiger partial charge < -0.3 is 19.1 Å². The summed E-state index contributed by atoms with van der Waals surface area (Å²) in [7, 11) is 4.04. The normalized spacial score (nSPS) is 12.1. The maximum absolute atomic E-state index is 12.8. The highest BCUT2D eigenvalue weighted by molar-refractivity contribution is 5.76. The van der Waals surface area contributed by atoms with E-state index in [0.29, 0.717) is 19.6 Å². The Morgan fingerprint density at radius 3 is 1.16 bits per heavy atom. The van der Waals surface area contributed by atoms with E-state index in [1.807, 2.05) is 41.8 Å². The fraction of sp³-hybridized carbons (Fsp3) is 0.939. The van der Waals surface area contributed by atoms with E-state index in [2.05, 4.69) is 18.7 Å². The summed E-state index contributed by atoms with van der Waals surface area (Å²) in [5.41, 5.74) is -0.964. The second-order valence-electron chi connectivity index (χ2n) is 18.6. The first-order valence-corrected chi connectivity index (χ1v) is 24.0. The number of nitrogens with zero attached hydrogens (tertiary/aromatic N) is 1. The minimum absolute atomic E-state index is 0.0801. The zero-order valence-electron chi connectivity index (χ0n) is 38.7. The Morgan fingerprint density at radius 2 is 0.804 bits per heavy atom. The van der Waals surface area contributed by atoms with Crippen molar-refractivity contribution in [3.8, 4) is 0 Å². The third-order valence-electron chi connectivity index (χ3n) is 11.5. The summed E-state index contributed by atoms with van der Waals surface area (Å²) in [4.78, 5) is 40.5. The lowest BCUT2D eigenvalue weighted by Gasteiger charge is -2.23. The van der Waals surface area contributed by atoms with E-state index in [1.54, 1.807) is 0 Å². The van der Waals surface area contributed by atoms with Crippen LogP contribution >= 0.6 is 0 Å².